The number of ether oxygens (including phenoxy) is 1. The minimum absolute atomic E-state index is 0. The minimum Gasteiger partial charge on any atom is -0.550 e. The number of aliphatic carboxylic acids is 1. The maximum atomic E-state index is 11.4. The Kier molecular flexibility index (Phi) is 24.9. The number of hydrogen-bond acceptors (Lipinski definition) is 5. The molecule has 0 spiro atoms. The average Bonchev–Trinajstić information content (AvgIpc) is 2.63. The predicted molar refractivity (Wildman–Crippen MR) is 108 cm³/mol. The van der Waals surface area contributed by atoms with Crippen molar-refractivity contribution in [2.45, 2.75) is 122 Å². The van der Waals surface area contributed by atoms with Crippen LogP contribution in [-0.2, 0) is 14.3 Å². The summed E-state index contributed by atoms with van der Waals surface area (Å²) >= 11 is 0. The van der Waals surface area contributed by atoms with Crippen LogP contribution in [0.2, 0.25) is 0 Å². The quantitative estimate of drug-likeness (QED) is 0.186. The zero-order valence-corrected chi connectivity index (χ0v) is 20.5. The Balaban J connectivity index is 0. The standard InChI is InChI=1S/C22H43NO4.Na/c1-2-3-4-5-6-7-8-9-10-11-12-13-14-15-16-17-18-27-22(26)20(23)19-21(24)25;/h20H,2-19,23H2,1H3,(H,24,25);/q;+1/p-1. The Hall–Kier alpha value is -0.100. The van der Waals surface area contributed by atoms with Crippen LogP contribution in [0.3, 0.4) is 0 Å². The van der Waals surface area contributed by atoms with E-state index in [0.29, 0.717) is 6.61 Å². The fourth-order valence-electron chi connectivity index (χ4n) is 3.19. The molecule has 0 aliphatic rings. The zero-order valence-electron chi connectivity index (χ0n) is 18.5. The van der Waals surface area contributed by atoms with E-state index in [-0.39, 0.29) is 29.6 Å². The third-order valence-electron chi connectivity index (χ3n) is 4.93. The van der Waals surface area contributed by atoms with Gasteiger partial charge >= 0.3 is 35.5 Å². The van der Waals surface area contributed by atoms with Crippen molar-refractivity contribution in [2.75, 3.05) is 6.61 Å². The molecule has 0 aromatic rings. The third-order valence-corrected chi connectivity index (χ3v) is 4.93. The van der Waals surface area contributed by atoms with Gasteiger partial charge in [-0.05, 0) is 6.42 Å². The molecule has 0 rings (SSSR count). The van der Waals surface area contributed by atoms with Crippen LogP contribution in [0.15, 0.2) is 0 Å². The molecule has 0 bridgehead atoms. The number of hydrogen-bond donors (Lipinski definition) is 1. The van der Waals surface area contributed by atoms with Crippen LogP contribution < -0.4 is 40.4 Å². The fraction of sp³-hybridized carbons (Fsp3) is 0.909. The second-order valence-corrected chi connectivity index (χ2v) is 7.65. The third kappa shape index (κ3) is 22.2. The van der Waals surface area contributed by atoms with Crippen LogP contribution in [0.1, 0.15) is 116 Å². The van der Waals surface area contributed by atoms with Crippen molar-refractivity contribution in [1.82, 2.24) is 0 Å². The van der Waals surface area contributed by atoms with Crippen molar-refractivity contribution in [2.24, 2.45) is 5.73 Å². The molecular formula is C22H42NNaO4. The fourth-order valence-corrected chi connectivity index (χ4v) is 3.19. The second kappa shape index (κ2) is 23.2. The molecule has 0 aromatic heterocycles. The van der Waals surface area contributed by atoms with Crippen LogP contribution in [-0.4, -0.2) is 24.6 Å². The number of rotatable bonds is 20. The molecule has 0 aliphatic carbocycles. The van der Waals surface area contributed by atoms with Crippen LogP contribution in [0.5, 0.6) is 0 Å². The molecule has 0 saturated heterocycles. The molecular weight excluding hydrogens is 365 g/mol. The van der Waals surface area contributed by atoms with E-state index in [1.54, 1.807) is 0 Å². The number of carbonyl (C=O) groups excluding carboxylic acids is 2. The number of carbonyl (C=O) groups is 2. The van der Waals surface area contributed by atoms with Crippen molar-refractivity contribution < 1.29 is 49.0 Å². The van der Waals surface area contributed by atoms with Gasteiger partial charge in [-0.15, -0.1) is 0 Å². The van der Waals surface area contributed by atoms with Crippen LogP contribution in [0.25, 0.3) is 0 Å². The van der Waals surface area contributed by atoms with Gasteiger partial charge in [0.15, 0.2) is 0 Å². The van der Waals surface area contributed by atoms with Gasteiger partial charge in [0, 0.05) is 12.4 Å². The first kappa shape index (κ1) is 30.1. The summed E-state index contributed by atoms with van der Waals surface area (Å²) in [6.07, 6.45) is 20.2. The van der Waals surface area contributed by atoms with E-state index in [1.807, 2.05) is 0 Å². The van der Waals surface area contributed by atoms with E-state index >= 15 is 0 Å². The number of nitrogens with two attached hydrogens (primary N) is 1. The summed E-state index contributed by atoms with van der Waals surface area (Å²) in [6, 6.07) is -1.11. The summed E-state index contributed by atoms with van der Waals surface area (Å²) in [5, 5.41) is 10.3. The molecule has 0 radical (unpaired) electrons. The van der Waals surface area contributed by atoms with Crippen molar-refractivity contribution in [1.29, 1.82) is 0 Å². The molecule has 5 nitrogen and oxygen atoms in total. The van der Waals surface area contributed by atoms with Gasteiger partial charge in [0.05, 0.1) is 6.61 Å². The smallest absolute Gasteiger partial charge is 0.550 e. The summed E-state index contributed by atoms with van der Waals surface area (Å²) in [5.74, 6) is -1.98. The van der Waals surface area contributed by atoms with E-state index in [9.17, 15) is 14.7 Å². The maximum Gasteiger partial charge on any atom is 1.00 e. The van der Waals surface area contributed by atoms with Gasteiger partial charge < -0.3 is 20.4 Å². The maximum absolute atomic E-state index is 11.4. The molecule has 160 valence electrons. The van der Waals surface area contributed by atoms with Gasteiger partial charge in [-0.2, -0.15) is 0 Å². The van der Waals surface area contributed by atoms with E-state index < -0.39 is 24.4 Å². The molecule has 0 aromatic carbocycles. The van der Waals surface area contributed by atoms with Gasteiger partial charge in [-0.3, -0.25) is 4.79 Å². The van der Waals surface area contributed by atoms with E-state index in [4.69, 9.17) is 10.5 Å². The monoisotopic (exact) mass is 407 g/mol. The van der Waals surface area contributed by atoms with Crippen molar-refractivity contribution in [3.05, 3.63) is 0 Å². The number of esters is 1. The molecule has 6 heteroatoms. The first-order valence-electron chi connectivity index (χ1n) is 11.2. The summed E-state index contributed by atoms with van der Waals surface area (Å²) in [6.45, 7) is 2.58. The molecule has 0 saturated carbocycles. The van der Waals surface area contributed by atoms with Crippen molar-refractivity contribution in [3.8, 4) is 0 Å². The zero-order chi connectivity index (χ0) is 20.2. The van der Waals surface area contributed by atoms with E-state index in [0.717, 1.165) is 19.3 Å². The molecule has 0 aliphatic heterocycles. The minimum atomic E-state index is -1.33. The Labute approximate surface area is 194 Å². The number of unbranched alkanes of at least 4 members (excludes halogenated alkanes) is 15. The van der Waals surface area contributed by atoms with E-state index in [1.165, 1.54) is 83.5 Å². The molecule has 0 fully saturated rings. The Morgan fingerprint density at radius 1 is 0.750 bits per heavy atom. The second-order valence-electron chi connectivity index (χ2n) is 7.65. The summed E-state index contributed by atoms with van der Waals surface area (Å²) in [5.41, 5.74) is 5.39. The first-order valence-corrected chi connectivity index (χ1v) is 11.2. The van der Waals surface area contributed by atoms with Crippen LogP contribution in [0.4, 0.5) is 0 Å². The van der Waals surface area contributed by atoms with E-state index in [2.05, 4.69) is 6.92 Å². The van der Waals surface area contributed by atoms with Gasteiger partial charge in [0.1, 0.15) is 6.04 Å². The summed E-state index contributed by atoms with van der Waals surface area (Å²) in [4.78, 5) is 21.7. The largest absolute Gasteiger partial charge is 1.00 e. The molecule has 0 amide bonds. The van der Waals surface area contributed by atoms with Crippen molar-refractivity contribution >= 4 is 11.9 Å². The Morgan fingerprint density at radius 3 is 1.46 bits per heavy atom. The summed E-state index contributed by atoms with van der Waals surface area (Å²) in [7, 11) is 0. The van der Waals surface area contributed by atoms with Crippen LogP contribution in [0, 0.1) is 0 Å². The number of carboxylic acid groups (broad SMARTS) is 1. The van der Waals surface area contributed by atoms with Crippen molar-refractivity contribution in [3.63, 3.8) is 0 Å². The molecule has 2 N–H and O–H groups in total. The SMILES string of the molecule is CCCCCCCCCCCCCCCCCCOC(=O)C(N)CC(=O)[O-].[Na+]. The Bertz CT molecular complexity index is 366. The predicted octanol–water partition coefficient (Wildman–Crippen LogP) is 1.26. The number of carboxylic acids is 1. The van der Waals surface area contributed by atoms with Gasteiger partial charge in [0.2, 0.25) is 0 Å². The van der Waals surface area contributed by atoms with Gasteiger partial charge in [0.25, 0.3) is 0 Å². The van der Waals surface area contributed by atoms with Crippen LogP contribution >= 0.6 is 0 Å². The topological polar surface area (TPSA) is 92.5 Å². The molecule has 1 atom stereocenters. The Morgan fingerprint density at radius 2 is 1.11 bits per heavy atom. The molecule has 1 unspecified atom stereocenters. The molecule has 0 heterocycles. The first-order chi connectivity index (χ1) is 13.1. The summed E-state index contributed by atoms with van der Waals surface area (Å²) < 4.78 is 4.97. The van der Waals surface area contributed by atoms with Gasteiger partial charge in [-0.1, -0.05) is 103 Å². The van der Waals surface area contributed by atoms with Gasteiger partial charge in [-0.25, -0.2) is 0 Å². The average molecular weight is 408 g/mol. The molecule has 28 heavy (non-hydrogen) atoms. The normalized spacial score (nSPS) is 11.6.